The van der Waals surface area contributed by atoms with Crippen LogP contribution >= 0.6 is 0 Å². The molecule has 1 saturated heterocycles. The number of nitrogens with zero attached hydrogens (tertiary/aromatic N) is 1. The molecule has 76 valence electrons. The van der Waals surface area contributed by atoms with Crippen LogP contribution in [0.25, 0.3) is 0 Å². The van der Waals surface area contributed by atoms with Gasteiger partial charge in [0.15, 0.2) is 0 Å². The first-order chi connectivity index (χ1) is 6.07. The van der Waals surface area contributed by atoms with Crippen LogP contribution in [-0.2, 0) is 0 Å². The Hall–Kier alpha value is -0.0800. The Kier molecular flexibility index (Phi) is 2.37. The maximum atomic E-state index is 5.82. The Labute approximate surface area is 81.5 Å². The van der Waals surface area contributed by atoms with Crippen molar-refractivity contribution in [1.82, 2.24) is 4.90 Å². The van der Waals surface area contributed by atoms with Crippen molar-refractivity contribution in [3.63, 3.8) is 0 Å². The summed E-state index contributed by atoms with van der Waals surface area (Å²) in [6, 6.07) is 1.31. The van der Waals surface area contributed by atoms with Crippen molar-refractivity contribution in [2.75, 3.05) is 13.1 Å². The predicted octanol–water partition coefficient (Wildman–Crippen LogP) is 1.60. The topological polar surface area (TPSA) is 29.3 Å². The molecule has 1 saturated carbocycles. The van der Waals surface area contributed by atoms with Gasteiger partial charge in [-0.3, -0.25) is 4.90 Å². The van der Waals surface area contributed by atoms with Crippen LogP contribution < -0.4 is 5.73 Å². The number of nitrogens with two attached hydrogens (primary N) is 1. The molecule has 0 spiro atoms. The van der Waals surface area contributed by atoms with Gasteiger partial charge in [-0.15, -0.1) is 0 Å². The molecular weight excluding hydrogens is 160 g/mol. The molecule has 2 nitrogen and oxygen atoms in total. The van der Waals surface area contributed by atoms with E-state index in [2.05, 4.69) is 18.7 Å². The number of rotatable bonds is 1. The summed E-state index contributed by atoms with van der Waals surface area (Å²) in [5, 5.41) is 0. The van der Waals surface area contributed by atoms with Crippen molar-refractivity contribution < 1.29 is 0 Å². The van der Waals surface area contributed by atoms with E-state index in [-0.39, 0.29) is 0 Å². The minimum absolute atomic E-state index is 0.495. The van der Waals surface area contributed by atoms with Crippen molar-refractivity contribution in [2.24, 2.45) is 11.1 Å². The van der Waals surface area contributed by atoms with Crippen LogP contribution in [0.4, 0.5) is 0 Å². The molecule has 0 bridgehead atoms. The minimum atomic E-state index is 0.495. The largest absolute Gasteiger partial charge is 0.328 e. The zero-order valence-corrected chi connectivity index (χ0v) is 8.92. The fourth-order valence-corrected chi connectivity index (χ4v) is 2.71. The number of likely N-dealkylation sites (tertiary alicyclic amines) is 1. The van der Waals surface area contributed by atoms with Gasteiger partial charge in [-0.1, -0.05) is 13.8 Å². The van der Waals surface area contributed by atoms with Crippen LogP contribution in [0.2, 0.25) is 0 Å². The maximum Gasteiger partial charge on any atom is 0.0125 e. The molecule has 0 radical (unpaired) electrons. The SMILES string of the molecule is CC1(C)CCCN(C2CC(N)C2)C1. The van der Waals surface area contributed by atoms with Crippen LogP contribution in [0.3, 0.4) is 0 Å². The standard InChI is InChI=1S/C11H22N2/c1-11(2)4-3-5-13(8-11)10-6-9(12)7-10/h9-10H,3-8,12H2,1-2H3. The van der Waals surface area contributed by atoms with Gasteiger partial charge in [0.25, 0.3) is 0 Å². The molecule has 2 heteroatoms. The highest BCUT2D eigenvalue weighted by molar-refractivity contribution is 4.93. The van der Waals surface area contributed by atoms with Gasteiger partial charge in [-0.25, -0.2) is 0 Å². The first-order valence-electron chi connectivity index (χ1n) is 5.56. The molecular formula is C11H22N2. The number of hydrogen-bond donors (Lipinski definition) is 1. The fourth-order valence-electron chi connectivity index (χ4n) is 2.71. The second-order valence-corrected chi connectivity index (χ2v) is 5.62. The van der Waals surface area contributed by atoms with E-state index in [1.807, 2.05) is 0 Å². The zero-order chi connectivity index (χ0) is 9.47. The molecule has 1 heterocycles. The van der Waals surface area contributed by atoms with Gasteiger partial charge in [0.1, 0.15) is 0 Å². The lowest BCUT2D eigenvalue weighted by Gasteiger charge is -2.47. The van der Waals surface area contributed by atoms with Gasteiger partial charge in [0, 0.05) is 18.6 Å². The van der Waals surface area contributed by atoms with Crippen molar-refractivity contribution in [3.8, 4) is 0 Å². The van der Waals surface area contributed by atoms with Crippen LogP contribution in [0.1, 0.15) is 39.5 Å². The summed E-state index contributed by atoms with van der Waals surface area (Å²) in [5.41, 5.74) is 6.36. The third-order valence-electron chi connectivity index (χ3n) is 3.60. The highest BCUT2D eigenvalue weighted by Crippen LogP contribution is 2.33. The Morgan fingerprint density at radius 2 is 2.00 bits per heavy atom. The van der Waals surface area contributed by atoms with Crippen molar-refractivity contribution in [1.29, 1.82) is 0 Å². The molecule has 0 amide bonds. The first-order valence-corrected chi connectivity index (χ1v) is 5.56. The molecule has 1 aliphatic heterocycles. The van der Waals surface area contributed by atoms with Crippen molar-refractivity contribution >= 4 is 0 Å². The van der Waals surface area contributed by atoms with E-state index < -0.39 is 0 Å². The van der Waals surface area contributed by atoms with Crippen LogP contribution in [0, 0.1) is 5.41 Å². The summed E-state index contributed by atoms with van der Waals surface area (Å²) in [5.74, 6) is 0. The monoisotopic (exact) mass is 182 g/mol. The smallest absolute Gasteiger partial charge is 0.0125 e. The van der Waals surface area contributed by atoms with Crippen molar-refractivity contribution in [2.45, 2.75) is 51.6 Å². The second kappa shape index (κ2) is 3.25. The molecule has 2 N–H and O–H groups in total. The highest BCUT2D eigenvalue weighted by Gasteiger charge is 2.36. The van der Waals surface area contributed by atoms with E-state index in [4.69, 9.17) is 5.73 Å². The Morgan fingerprint density at radius 1 is 1.31 bits per heavy atom. The third kappa shape index (κ3) is 2.05. The molecule has 2 fully saturated rings. The van der Waals surface area contributed by atoms with E-state index in [9.17, 15) is 0 Å². The summed E-state index contributed by atoms with van der Waals surface area (Å²) in [6.45, 7) is 7.36. The van der Waals surface area contributed by atoms with Crippen LogP contribution in [0.5, 0.6) is 0 Å². The zero-order valence-electron chi connectivity index (χ0n) is 8.92. The summed E-state index contributed by atoms with van der Waals surface area (Å²) >= 11 is 0. The third-order valence-corrected chi connectivity index (χ3v) is 3.60. The molecule has 0 aromatic carbocycles. The van der Waals surface area contributed by atoms with E-state index in [0.29, 0.717) is 11.5 Å². The molecule has 0 unspecified atom stereocenters. The lowest BCUT2D eigenvalue weighted by molar-refractivity contribution is 0.0360. The van der Waals surface area contributed by atoms with Gasteiger partial charge >= 0.3 is 0 Å². The van der Waals surface area contributed by atoms with E-state index >= 15 is 0 Å². The lowest BCUT2D eigenvalue weighted by Crippen LogP contribution is -2.54. The lowest BCUT2D eigenvalue weighted by atomic mass is 9.79. The van der Waals surface area contributed by atoms with Gasteiger partial charge in [-0.05, 0) is 37.6 Å². The van der Waals surface area contributed by atoms with Crippen LogP contribution in [-0.4, -0.2) is 30.1 Å². The molecule has 2 aliphatic rings. The minimum Gasteiger partial charge on any atom is -0.328 e. The normalized spacial score (nSPS) is 39.9. The fraction of sp³-hybridized carbons (Fsp3) is 1.00. The van der Waals surface area contributed by atoms with E-state index in [1.54, 1.807) is 0 Å². The van der Waals surface area contributed by atoms with Gasteiger partial charge < -0.3 is 5.73 Å². The molecule has 0 atom stereocenters. The number of piperidine rings is 1. The molecule has 0 aromatic rings. The highest BCUT2D eigenvalue weighted by atomic mass is 15.2. The summed E-state index contributed by atoms with van der Waals surface area (Å²) < 4.78 is 0. The Morgan fingerprint density at radius 3 is 2.54 bits per heavy atom. The Balaban J connectivity index is 1.86. The Bertz CT molecular complexity index is 183. The molecule has 1 aliphatic carbocycles. The summed E-state index contributed by atoms with van der Waals surface area (Å²) in [6.07, 6.45) is 5.23. The molecule has 13 heavy (non-hydrogen) atoms. The number of hydrogen-bond acceptors (Lipinski definition) is 2. The molecule has 2 rings (SSSR count). The van der Waals surface area contributed by atoms with Gasteiger partial charge in [0.05, 0.1) is 0 Å². The average molecular weight is 182 g/mol. The quantitative estimate of drug-likeness (QED) is 0.667. The second-order valence-electron chi connectivity index (χ2n) is 5.62. The average Bonchev–Trinajstić information content (AvgIpc) is 1.97. The summed E-state index contributed by atoms with van der Waals surface area (Å²) in [7, 11) is 0. The maximum absolute atomic E-state index is 5.82. The predicted molar refractivity (Wildman–Crippen MR) is 55.6 cm³/mol. The van der Waals surface area contributed by atoms with Gasteiger partial charge in [0.2, 0.25) is 0 Å². The van der Waals surface area contributed by atoms with Crippen molar-refractivity contribution in [3.05, 3.63) is 0 Å². The summed E-state index contributed by atoms with van der Waals surface area (Å²) in [4.78, 5) is 2.66. The van der Waals surface area contributed by atoms with Crippen LogP contribution in [0.15, 0.2) is 0 Å². The van der Waals surface area contributed by atoms with E-state index in [1.165, 1.54) is 38.8 Å². The van der Waals surface area contributed by atoms with Gasteiger partial charge in [-0.2, -0.15) is 0 Å². The first kappa shape index (κ1) is 9.47. The molecule has 0 aromatic heterocycles. The van der Waals surface area contributed by atoms with E-state index in [0.717, 1.165) is 6.04 Å².